The van der Waals surface area contributed by atoms with Crippen LogP contribution in [0, 0.1) is 6.92 Å². The Labute approximate surface area is 190 Å². The molecule has 1 fully saturated rings. The van der Waals surface area contributed by atoms with E-state index in [9.17, 15) is 0 Å². The average molecular weight is 448 g/mol. The molecule has 2 N–H and O–H groups in total. The zero-order chi connectivity index (χ0) is 22.8. The molecule has 1 aliphatic rings. The molecule has 0 unspecified atom stereocenters. The summed E-state index contributed by atoms with van der Waals surface area (Å²) in [5, 5.41) is 14.6. The lowest BCUT2D eigenvalue weighted by atomic mass is 10.1. The van der Waals surface area contributed by atoms with Crippen molar-refractivity contribution in [1.82, 2.24) is 35.3 Å². The first kappa shape index (κ1) is 20.9. The van der Waals surface area contributed by atoms with Gasteiger partial charge in [-0.15, -0.1) is 0 Å². The summed E-state index contributed by atoms with van der Waals surface area (Å²) in [6.07, 6.45) is 6.01. The van der Waals surface area contributed by atoms with Crippen molar-refractivity contribution in [2.45, 2.75) is 39.2 Å². The van der Waals surface area contributed by atoms with Gasteiger partial charge in [-0.1, -0.05) is 12.1 Å². The van der Waals surface area contributed by atoms with Crippen LogP contribution in [0.1, 0.15) is 43.0 Å². The maximum absolute atomic E-state index is 5.76. The Balaban J connectivity index is 1.44. The largest absolute Gasteiger partial charge is 0.481 e. The maximum atomic E-state index is 5.76. The van der Waals surface area contributed by atoms with Crippen molar-refractivity contribution >= 4 is 17.6 Å². The van der Waals surface area contributed by atoms with E-state index in [1.807, 2.05) is 26.0 Å². The molecule has 11 heteroatoms. The fourth-order valence-electron chi connectivity index (χ4n) is 4.02. The predicted octanol–water partition coefficient (Wildman–Crippen LogP) is 3.61. The van der Waals surface area contributed by atoms with E-state index >= 15 is 0 Å². The van der Waals surface area contributed by atoms with Gasteiger partial charge >= 0.3 is 0 Å². The van der Waals surface area contributed by atoms with Crippen LogP contribution in [0.5, 0.6) is 5.88 Å². The number of anilines is 3. The predicted molar refractivity (Wildman–Crippen MR) is 121 cm³/mol. The molecule has 33 heavy (non-hydrogen) atoms. The van der Waals surface area contributed by atoms with E-state index in [1.54, 1.807) is 25.6 Å². The number of aromatic amines is 1. The van der Waals surface area contributed by atoms with Crippen LogP contribution in [0.25, 0.3) is 11.4 Å². The average Bonchev–Trinajstić information content (AvgIpc) is 3.59. The Hall–Kier alpha value is -4.02. The number of H-pyrrole nitrogens is 1. The minimum Gasteiger partial charge on any atom is -0.481 e. The summed E-state index contributed by atoms with van der Waals surface area (Å²) >= 11 is 0. The number of hydrogen-bond donors (Lipinski definition) is 2. The minimum atomic E-state index is -0.0411. The fraction of sp³-hybridized carbons (Fsp3) is 0.364. The van der Waals surface area contributed by atoms with Gasteiger partial charge in [-0.3, -0.25) is 15.1 Å². The minimum absolute atomic E-state index is 0.0411. The quantitative estimate of drug-likeness (QED) is 0.433. The van der Waals surface area contributed by atoms with Crippen molar-refractivity contribution in [3.63, 3.8) is 0 Å². The summed E-state index contributed by atoms with van der Waals surface area (Å²) in [6, 6.07) is 5.55. The lowest BCUT2D eigenvalue weighted by Crippen LogP contribution is -2.24. The summed E-state index contributed by atoms with van der Waals surface area (Å²) in [7, 11) is 1.59. The summed E-state index contributed by atoms with van der Waals surface area (Å²) in [6.45, 7) is 4.78. The second kappa shape index (κ2) is 8.85. The monoisotopic (exact) mass is 447 g/mol. The molecule has 5 rings (SSSR count). The van der Waals surface area contributed by atoms with E-state index in [-0.39, 0.29) is 6.04 Å². The third-order valence-corrected chi connectivity index (χ3v) is 5.58. The first-order valence-electron chi connectivity index (χ1n) is 10.9. The Kier molecular flexibility index (Phi) is 5.59. The highest BCUT2D eigenvalue weighted by Crippen LogP contribution is 2.37. The molecule has 0 radical (unpaired) electrons. The summed E-state index contributed by atoms with van der Waals surface area (Å²) in [5.74, 6) is 3.04. The second-order valence-corrected chi connectivity index (χ2v) is 7.83. The maximum Gasteiger partial charge on any atom is 0.231 e. The molecule has 1 atom stereocenters. The molecule has 170 valence electrons. The number of ether oxygens (including phenoxy) is 1. The SMILES string of the molecule is CCc1nccnc1-c1cc([C@@H]2CCCN2c2nc(Nc3cc(C)[nH]n3)cc(OC)n2)on1. The molecular formula is C22H25N9O2. The standard InChI is InChI=1S/C22H25N9O2/c1-4-14-21(24-8-7-23-14)15-11-17(33-30-15)16-6-5-9-31(16)22-26-18(12-20(27-22)32-3)25-19-10-13(2)28-29-19/h7-8,10-12,16H,4-6,9H2,1-3H3,(H2,25,26,27,28,29)/t16-/m0/s1. The molecule has 11 nitrogen and oxygen atoms in total. The third kappa shape index (κ3) is 4.21. The van der Waals surface area contributed by atoms with E-state index in [0.717, 1.165) is 48.6 Å². The first-order valence-corrected chi connectivity index (χ1v) is 10.9. The van der Waals surface area contributed by atoms with Crippen molar-refractivity contribution in [3.05, 3.63) is 47.7 Å². The zero-order valence-electron chi connectivity index (χ0n) is 18.7. The molecule has 4 aromatic heterocycles. The van der Waals surface area contributed by atoms with E-state index < -0.39 is 0 Å². The van der Waals surface area contributed by atoms with Crippen LogP contribution in [-0.4, -0.2) is 48.9 Å². The van der Waals surface area contributed by atoms with Crippen molar-refractivity contribution in [2.24, 2.45) is 0 Å². The van der Waals surface area contributed by atoms with Gasteiger partial charge in [-0.25, -0.2) is 0 Å². The van der Waals surface area contributed by atoms with Crippen molar-refractivity contribution in [3.8, 4) is 17.3 Å². The molecule has 0 aromatic carbocycles. The summed E-state index contributed by atoms with van der Waals surface area (Å²) in [5.41, 5.74) is 3.28. The zero-order valence-corrected chi connectivity index (χ0v) is 18.7. The molecular weight excluding hydrogens is 422 g/mol. The number of hydrogen-bond acceptors (Lipinski definition) is 10. The Morgan fingerprint density at radius 3 is 2.85 bits per heavy atom. The lowest BCUT2D eigenvalue weighted by Gasteiger charge is -2.23. The van der Waals surface area contributed by atoms with Gasteiger partial charge in [0.15, 0.2) is 11.6 Å². The molecule has 0 spiro atoms. The molecule has 0 saturated carbocycles. The lowest BCUT2D eigenvalue weighted by molar-refractivity contribution is 0.361. The first-order chi connectivity index (χ1) is 16.1. The second-order valence-electron chi connectivity index (χ2n) is 7.83. The number of rotatable bonds is 7. The van der Waals surface area contributed by atoms with Crippen LogP contribution in [-0.2, 0) is 6.42 Å². The molecule has 0 amide bonds. The molecule has 5 heterocycles. The van der Waals surface area contributed by atoms with E-state index in [4.69, 9.17) is 14.2 Å². The summed E-state index contributed by atoms with van der Waals surface area (Å²) < 4.78 is 11.2. The molecule has 1 saturated heterocycles. The molecule has 0 aliphatic carbocycles. The van der Waals surface area contributed by atoms with Crippen molar-refractivity contribution in [2.75, 3.05) is 23.9 Å². The van der Waals surface area contributed by atoms with E-state index in [0.29, 0.717) is 29.2 Å². The Morgan fingerprint density at radius 1 is 1.18 bits per heavy atom. The normalized spacial score (nSPS) is 15.7. The van der Waals surface area contributed by atoms with Crippen LogP contribution in [0.4, 0.5) is 17.6 Å². The smallest absolute Gasteiger partial charge is 0.231 e. The summed E-state index contributed by atoms with van der Waals surface area (Å²) in [4.78, 5) is 20.3. The van der Waals surface area contributed by atoms with Gasteiger partial charge in [-0.05, 0) is 26.2 Å². The highest BCUT2D eigenvalue weighted by molar-refractivity contribution is 5.58. The molecule has 4 aromatic rings. The van der Waals surface area contributed by atoms with Crippen LogP contribution in [0.3, 0.4) is 0 Å². The highest BCUT2D eigenvalue weighted by atomic mass is 16.5. The Bertz CT molecular complexity index is 1250. The van der Waals surface area contributed by atoms with E-state index in [1.165, 1.54) is 0 Å². The van der Waals surface area contributed by atoms with Gasteiger partial charge in [0.25, 0.3) is 0 Å². The van der Waals surface area contributed by atoms with Crippen molar-refractivity contribution in [1.29, 1.82) is 0 Å². The van der Waals surface area contributed by atoms with Gasteiger partial charge in [0.05, 0.1) is 18.8 Å². The van der Waals surface area contributed by atoms with Crippen molar-refractivity contribution < 1.29 is 9.26 Å². The van der Waals surface area contributed by atoms with Crippen LogP contribution in [0.15, 0.2) is 35.1 Å². The number of methoxy groups -OCH3 is 1. The van der Waals surface area contributed by atoms with Gasteiger partial charge in [0, 0.05) is 42.8 Å². The number of nitrogens with zero attached hydrogens (tertiary/aromatic N) is 7. The van der Waals surface area contributed by atoms with Crippen LogP contribution in [0.2, 0.25) is 0 Å². The Morgan fingerprint density at radius 2 is 2.06 bits per heavy atom. The van der Waals surface area contributed by atoms with Gasteiger partial charge in [0.2, 0.25) is 11.8 Å². The van der Waals surface area contributed by atoms with Crippen LogP contribution < -0.4 is 15.0 Å². The highest BCUT2D eigenvalue weighted by Gasteiger charge is 2.32. The topological polar surface area (TPSA) is 131 Å². The number of aryl methyl sites for hydroxylation is 2. The fourth-order valence-corrected chi connectivity index (χ4v) is 4.02. The molecule has 1 aliphatic heterocycles. The number of nitrogens with one attached hydrogen (secondary N) is 2. The van der Waals surface area contributed by atoms with E-state index in [2.05, 4.69) is 40.5 Å². The van der Waals surface area contributed by atoms with Gasteiger partial charge in [-0.2, -0.15) is 15.1 Å². The van der Waals surface area contributed by atoms with Gasteiger partial charge in [0.1, 0.15) is 17.2 Å². The third-order valence-electron chi connectivity index (χ3n) is 5.58. The van der Waals surface area contributed by atoms with Crippen LogP contribution >= 0.6 is 0 Å². The van der Waals surface area contributed by atoms with Gasteiger partial charge < -0.3 is 19.5 Å². The molecule has 0 bridgehead atoms. The number of aromatic nitrogens is 7.